The minimum absolute atomic E-state index is 0.0495. The zero-order valence-electron chi connectivity index (χ0n) is 16.9. The number of Topliss-reactive ketones (excluding diaryl/α,β-unsaturated/α-hetero) is 1. The van der Waals surface area contributed by atoms with Gasteiger partial charge in [0.2, 0.25) is 5.91 Å². The van der Waals surface area contributed by atoms with Crippen LogP contribution in [0.4, 0.5) is 5.69 Å². The molecule has 0 N–H and O–H groups in total. The highest BCUT2D eigenvalue weighted by atomic mass is 16.5. The van der Waals surface area contributed by atoms with E-state index < -0.39 is 0 Å². The van der Waals surface area contributed by atoms with Crippen molar-refractivity contribution in [2.45, 2.75) is 45.6 Å². The summed E-state index contributed by atoms with van der Waals surface area (Å²) in [5.41, 5.74) is 3.58. The largest absolute Gasteiger partial charge is 0.381 e. The number of ether oxygens (including phenoxy) is 1. The highest BCUT2D eigenvalue weighted by molar-refractivity contribution is 5.97. The Bertz CT molecular complexity index is 923. The van der Waals surface area contributed by atoms with Crippen LogP contribution in [0.5, 0.6) is 0 Å². The van der Waals surface area contributed by atoms with Crippen molar-refractivity contribution in [2.24, 2.45) is 0 Å². The van der Waals surface area contributed by atoms with Crippen molar-refractivity contribution in [1.29, 1.82) is 0 Å². The molecule has 0 atom stereocenters. The van der Waals surface area contributed by atoms with E-state index in [1.54, 1.807) is 4.90 Å². The van der Waals surface area contributed by atoms with Crippen molar-refractivity contribution in [3.63, 3.8) is 0 Å². The number of carbonyl (C=O) groups is 2. The standard InChI is InChI=1S/C25H27NO3/c1-2-17-29-18-7-11-23(27)15-16-25(28)26-19-22-10-4-3-8-20(22)13-14-21-9-5-6-12-24(21)26/h3-6,8-10,12H,2,7,11,15-19H2,1H3. The molecule has 1 amide bonds. The van der Waals surface area contributed by atoms with Crippen LogP contribution in [0, 0.1) is 11.8 Å². The third kappa shape index (κ3) is 5.79. The highest BCUT2D eigenvalue weighted by Crippen LogP contribution is 2.26. The fourth-order valence-corrected chi connectivity index (χ4v) is 3.33. The molecular formula is C25H27NO3. The van der Waals surface area contributed by atoms with E-state index in [4.69, 9.17) is 4.74 Å². The van der Waals surface area contributed by atoms with Crippen molar-refractivity contribution in [3.8, 4) is 11.8 Å². The van der Waals surface area contributed by atoms with E-state index in [2.05, 4.69) is 18.8 Å². The van der Waals surface area contributed by atoms with E-state index in [1.807, 2.05) is 48.5 Å². The molecule has 29 heavy (non-hydrogen) atoms. The summed E-state index contributed by atoms with van der Waals surface area (Å²) < 4.78 is 5.41. The number of para-hydroxylation sites is 1. The van der Waals surface area contributed by atoms with Crippen LogP contribution in [0.3, 0.4) is 0 Å². The fourth-order valence-electron chi connectivity index (χ4n) is 3.33. The Morgan fingerprint density at radius 2 is 1.66 bits per heavy atom. The van der Waals surface area contributed by atoms with Gasteiger partial charge in [-0.25, -0.2) is 0 Å². The molecule has 0 spiro atoms. The number of ketones is 1. The van der Waals surface area contributed by atoms with Gasteiger partial charge >= 0.3 is 0 Å². The van der Waals surface area contributed by atoms with Crippen molar-refractivity contribution < 1.29 is 14.3 Å². The molecule has 2 aromatic carbocycles. The number of hydrogen-bond acceptors (Lipinski definition) is 3. The van der Waals surface area contributed by atoms with Crippen LogP contribution in [0.15, 0.2) is 48.5 Å². The first kappa shape index (κ1) is 20.8. The summed E-state index contributed by atoms with van der Waals surface area (Å²) in [5, 5.41) is 0. The maximum Gasteiger partial charge on any atom is 0.227 e. The Hall–Kier alpha value is -2.90. The van der Waals surface area contributed by atoms with Gasteiger partial charge in [-0.1, -0.05) is 49.1 Å². The number of benzene rings is 2. The molecule has 1 aliphatic rings. The molecule has 0 saturated heterocycles. The maximum atomic E-state index is 13.1. The molecule has 2 aromatic rings. The average molecular weight is 389 g/mol. The SMILES string of the molecule is CCCOCCCC(=O)CCC(=O)N1Cc2ccccc2C#Cc2ccccc21. The minimum Gasteiger partial charge on any atom is -0.381 e. The number of hydrogen-bond donors (Lipinski definition) is 0. The molecule has 0 fully saturated rings. The second-order valence-corrected chi connectivity index (χ2v) is 7.16. The number of nitrogens with zero attached hydrogens (tertiary/aromatic N) is 1. The van der Waals surface area contributed by atoms with Crippen molar-refractivity contribution >= 4 is 17.4 Å². The van der Waals surface area contributed by atoms with Gasteiger partial charge in [0.05, 0.1) is 12.2 Å². The van der Waals surface area contributed by atoms with E-state index in [0.717, 1.165) is 35.4 Å². The predicted octanol–water partition coefficient (Wildman–Crippen LogP) is 4.49. The molecule has 0 radical (unpaired) electrons. The van der Waals surface area contributed by atoms with Crippen LogP contribution in [-0.4, -0.2) is 24.9 Å². The number of carbonyl (C=O) groups excluding carboxylic acids is 2. The number of fused-ring (bicyclic) bond motifs is 2. The lowest BCUT2D eigenvalue weighted by Gasteiger charge is -2.26. The Kier molecular flexibility index (Phi) is 7.61. The van der Waals surface area contributed by atoms with Crippen LogP contribution in [-0.2, 0) is 20.9 Å². The number of amides is 1. The molecule has 0 saturated carbocycles. The average Bonchev–Trinajstić information content (AvgIpc) is 2.73. The van der Waals surface area contributed by atoms with Gasteiger partial charge in [0.25, 0.3) is 0 Å². The second kappa shape index (κ2) is 10.6. The van der Waals surface area contributed by atoms with Crippen molar-refractivity contribution in [2.75, 3.05) is 18.1 Å². The summed E-state index contributed by atoms with van der Waals surface area (Å²) in [7, 11) is 0. The van der Waals surface area contributed by atoms with Gasteiger partial charge in [0, 0.05) is 43.6 Å². The van der Waals surface area contributed by atoms with E-state index in [-0.39, 0.29) is 24.5 Å². The van der Waals surface area contributed by atoms with Crippen LogP contribution in [0.1, 0.15) is 55.7 Å². The molecule has 150 valence electrons. The molecular weight excluding hydrogens is 362 g/mol. The topological polar surface area (TPSA) is 46.6 Å². The van der Waals surface area contributed by atoms with Gasteiger partial charge in [0.1, 0.15) is 5.78 Å². The monoisotopic (exact) mass is 389 g/mol. The van der Waals surface area contributed by atoms with Crippen LogP contribution in [0.2, 0.25) is 0 Å². The van der Waals surface area contributed by atoms with Crippen molar-refractivity contribution in [1.82, 2.24) is 0 Å². The van der Waals surface area contributed by atoms with Crippen LogP contribution >= 0.6 is 0 Å². The second-order valence-electron chi connectivity index (χ2n) is 7.16. The molecule has 4 heteroatoms. The summed E-state index contributed by atoms with van der Waals surface area (Å²) in [6.45, 7) is 3.84. The van der Waals surface area contributed by atoms with E-state index in [0.29, 0.717) is 26.0 Å². The first-order valence-corrected chi connectivity index (χ1v) is 10.3. The fraction of sp³-hybridized carbons (Fsp3) is 0.360. The molecule has 3 rings (SSSR count). The molecule has 0 unspecified atom stereocenters. The first-order chi connectivity index (χ1) is 14.2. The molecule has 4 nitrogen and oxygen atoms in total. The minimum atomic E-state index is -0.0495. The van der Waals surface area contributed by atoms with Gasteiger partial charge in [-0.3, -0.25) is 9.59 Å². The smallest absolute Gasteiger partial charge is 0.227 e. The van der Waals surface area contributed by atoms with Gasteiger partial charge < -0.3 is 9.64 Å². The molecule has 0 aliphatic carbocycles. The van der Waals surface area contributed by atoms with Gasteiger partial charge in [0.15, 0.2) is 0 Å². The normalized spacial score (nSPS) is 12.1. The summed E-state index contributed by atoms with van der Waals surface area (Å²) >= 11 is 0. The Morgan fingerprint density at radius 3 is 2.48 bits per heavy atom. The Balaban J connectivity index is 1.67. The quantitative estimate of drug-likeness (QED) is 0.469. The number of rotatable bonds is 9. The van der Waals surface area contributed by atoms with Gasteiger partial charge in [-0.15, -0.1) is 0 Å². The maximum absolute atomic E-state index is 13.1. The zero-order valence-corrected chi connectivity index (χ0v) is 16.9. The predicted molar refractivity (Wildman–Crippen MR) is 115 cm³/mol. The summed E-state index contributed by atoms with van der Waals surface area (Å²) in [6.07, 6.45) is 2.62. The lowest BCUT2D eigenvalue weighted by atomic mass is 10.0. The van der Waals surface area contributed by atoms with Gasteiger partial charge in [-0.2, -0.15) is 0 Å². The third-order valence-electron chi connectivity index (χ3n) is 4.88. The molecule has 1 heterocycles. The molecule has 0 bridgehead atoms. The Morgan fingerprint density at radius 1 is 0.931 bits per heavy atom. The lowest BCUT2D eigenvalue weighted by Crippen LogP contribution is -2.32. The van der Waals surface area contributed by atoms with Gasteiger partial charge in [-0.05, 0) is 36.6 Å². The van der Waals surface area contributed by atoms with Crippen molar-refractivity contribution in [3.05, 3.63) is 65.2 Å². The number of anilines is 1. The van der Waals surface area contributed by atoms with E-state index >= 15 is 0 Å². The summed E-state index contributed by atoms with van der Waals surface area (Å²) in [4.78, 5) is 27.0. The van der Waals surface area contributed by atoms with Crippen LogP contribution in [0.25, 0.3) is 0 Å². The highest BCUT2D eigenvalue weighted by Gasteiger charge is 2.21. The molecule has 1 aliphatic heterocycles. The Labute approximate surface area is 172 Å². The summed E-state index contributed by atoms with van der Waals surface area (Å²) in [6, 6.07) is 15.6. The first-order valence-electron chi connectivity index (χ1n) is 10.3. The van der Waals surface area contributed by atoms with E-state index in [1.165, 1.54) is 0 Å². The van der Waals surface area contributed by atoms with E-state index in [9.17, 15) is 9.59 Å². The summed E-state index contributed by atoms with van der Waals surface area (Å²) in [5.74, 6) is 6.47. The zero-order chi connectivity index (χ0) is 20.5. The van der Waals surface area contributed by atoms with Crippen LogP contribution < -0.4 is 4.90 Å². The third-order valence-corrected chi connectivity index (χ3v) is 4.88. The molecule has 0 aromatic heterocycles. The lowest BCUT2D eigenvalue weighted by molar-refractivity contribution is -0.124.